The standard InChI is InChI=1S/C15H22FN3/c1-11(2)10-19(9-5-8-17)14-7-4-6-13(16)15(14)12(3)18/h4,6-7,11-12H,5,9-10,18H2,1-3H3/t12-/m1/s1. The minimum atomic E-state index is -0.368. The van der Waals surface area contributed by atoms with Gasteiger partial charge in [0.25, 0.3) is 0 Å². The molecule has 0 fully saturated rings. The summed E-state index contributed by atoms with van der Waals surface area (Å²) in [6.07, 6.45) is 0.418. The Labute approximate surface area is 114 Å². The largest absolute Gasteiger partial charge is 0.370 e. The summed E-state index contributed by atoms with van der Waals surface area (Å²) in [6, 6.07) is 6.77. The smallest absolute Gasteiger partial charge is 0.130 e. The molecular formula is C15H22FN3. The lowest BCUT2D eigenvalue weighted by Gasteiger charge is -2.29. The van der Waals surface area contributed by atoms with Crippen LogP contribution in [-0.4, -0.2) is 13.1 Å². The van der Waals surface area contributed by atoms with Crippen molar-refractivity contribution in [3.8, 4) is 6.07 Å². The van der Waals surface area contributed by atoms with Crippen molar-refractivity contribution in [1.29, 1.82) is 5.26 Å². The van der Waals surface area contributed by atoms with Crippen molar-refractivity contribution in [2.24, 2.45) is 11.7 Å². The summed E-state index contributed by atoms with van der Waals surface area (Å²) in [5.74, 6) is 0.154. The van der Waals surface area contributed by atoms with Crippen molar-refractivity contribution in [2.75, 3.05) is 18.0 Å². The molecule has 0 aliphatic carbocycles. The molecule has 2 N–H and O–H groups in total. The molecular weight excluding hydrogens is 241 g/mol. The fourth-order valence-corrected chi connectivity index (χ4v) is 2.19. The quantitative estimate of drug-likeness (QED) is 0.857. The Kier molecular flexibility index (Phi) is 5.78. The normalized spacial score (nSPS) is 12.3. The van der Waals surface area contributed by atoms with Crippen LogP contribution in [-0.2, 0) is 0 Å². The zero-order valence-electron chi connectivity index (χ0n) is 11.9. The number of rotatable bonds is 6. The van der Waals surface area contributed by atoms with E-state index in [4.69, 9.17) is 11.0 Å². The summed E-state index contributed by atoms with van der Waals surface area (Å²) < 4.78 is 13.9. The summed E-state index contributed by atoms with van der Waals surface area (Å²) in [5.41, 5.74) is 7.21. The van der Waals surface area contributed by atoms with E-state index in [9.17, 15) is 4.39 Å². The summed E-state index contributed by atoms with van der Waals surface area (Å²) >= 11 is 0. The molecule has 0 saturated carbocycles. The predicted octanol–water partition coefficient (Wildman–Crippen LogP) is 3.22. The molecule has 0 heterocycles. The second-order valence-corrected chi connectivity index (χ2v) is 5.21. The third-order valence-corrected chi connectivity index (χ3v) is 2.90. The fraction of sp³-hybridized carbons (Fsp3) is 0.533. The molecule has 0 aliphatic heterocycles. The molecule has 1 aromatic rings. The maximum atomic E-state index is 13.9. The Morgan fingerprint density at radius 1 is 1.37 bits per heavy atom. The van der Waals surface area contributed by atoms with Gasteiger partial charge in [0.05, 0.1) is 12.5 Å². The highest BCUT2D eigenvalue weighted by Crippen LogP contribution is 2.28. The van der Waals surface area contributed by atoms with Crippen molar-refractivity contribution in [3.63, 3.8) is 0 Å². The lowest BCUT2D eigenvalue weighted by molar-refractivity contribution is 0.579. The first-order valence-corrected chi connectivity index (χ1v) is 6.63. The summed E-state index contributed by atoms with van der Waals surface area (Å²) in [4.78, 5) is 2.05. The van der Waals surface area contributed by atoms with E-state index in [-0.39, 0.29) is 11.9 Å². The zero-order chi connectivity index (χ0) is 14.4. The number of hydrogen-bond donors (Lipinski definition) is 1. The molecule has 3 nitrogen and oxygen atoms in total. The van der Waals surface area contributed by atoms with Crippen molar-refractivity contribution < 1.29 is 4.39 Å². The van der Waals surface area contributed by atoms with Crippen LogP contribution in [0, 0.1) is 23.1 Å². The molecule has 0 unspecified atom stereocenters. The van der Waals surface area contributed by atoms with E-state index in [0.29, 0.717) is 24.4 Å². The van der Waals surface area contributed by atoms with E-state index in [0.717, 1.165) is 12.2 Å². The van der Waals surface area contributed by atoms with Gasteiger partial charge >= 0.3 is 0 Å². The van der Waals surface area contributed by atoms with Gasteiger partial charge in [-0.15, -0.1) is 0 Å². The minimum absolute atomic E-state index is 0.279. The van der Waals surface area contributed by atoms with Gasteiger partial charge in [0.15, 0.2) is 0 Å². The van der Waals surface area contributed by atoms with Gasteiger partial charge in [-0.25, -0.2) is 4.39 Å². The van der Waals surface area contributed by atoms with Gasteiger partial charge in [-0.3, -0.25) is 0 Å². The molecule has 1 aromatic carbocycles. The van der Waals surface area contributed by atoms with E-state index in [2.05, 4.69) is 24.8 Å². The van der Waals surface area contributed by atoms with Gasteiger partial charge in [0.1, 0.15) is 5.82 Å². The fourth-order valence-electron chi connectivity index (χ4n) is 2.19. The van der Waals surface area contributed by atoms with Crippen LogP contribution in [0.25, 0.3) is 0 Å². The SMILES string of the molecule is CC(C)CN(CCC#N)c1cccc(F)c1[C@@H](C)N. The average molecular weight is 263 g/mol. The number of nitriles is 1. The Hall–Kier alpha value is -1.60. The van der Waals surface area contributed by atoms with E-state index < -0.39 is 0 Å². The van der Waals surface area contributed by atoms with Crippen LogP contribution in [0.3, 0.4) is 0 Å². The second kappa shape index (κ2) is 7.10. The van der Waals surface area contributed by atoms with Gasteiger partial charge in [-0.1, -0.05) is 19.9 Å². The van der Waals surface area contributed by atoms with Crippen molar-refractivity contribution in [3.05, 3.63) is 29.6 Å². The van der Waals surface area contributed by atoms with Gasteiger partial charge in [-0.05, 0) is 25.0 Å². The molecule has 19 heavy (non-hydrogen) atoms. The van der Waals surface area contributed by atoms with E-state index in [1.807, 2.05) is 6.07 Å². The molecule has 0 aliphatic rings. The van der Waals surface area contributed by atoms with Gasteiger partial charge in [0.2, 0.25) is 0 Å². The molecule has 0 spiro atoms. The average Bonchev–Trinajstić information content (AvgIpc) is 2.33. The van der Waals surface area contributed by atoms with Crippen LogP contribution in [0.5, 0.6) is 0 Å². The number of halogens is 1. The Morgan fingerprint density at radius 3 is 2.58 bits per heavy atom. The van der Waals surface area contributed by atoms with Crippen LogP contribution in [0.2, 0.25) is 0 Å². The number of anilines is 1. The summed E-state index contributed by atoms with van der Waals surface area (Å²) in [5, 5.41) is 8.75. The van der Waals surface area contributed by atoms with Crippen molar-refractivity contribution in [1.82, 2.24) is 0 Å². The van der Waals surface area contributed by atoms with E-state index >= 15 is 0 Å². The molecule has 4 heteroatoms. The maximum Gasteiger partial charge on any atom is 0.130 e. The van der Waals surface area contributed by atoms with E-state index in [1.165, 1.54) is 6.07 Å². The van der Waals surface area contributed by atoms with Gasteiger partial charge < -0.3 is 10.6 Å². The maximum absolute atomic E-state index is 13.9. The van der Waals surface area contributed by atoms with Crippen molar-refractivity contribution >= 4 is 5.69 Å². The highest BCUT2D eigenvalue weighted by Gasteiger charge is 2.18. The lowest BCUT2D eigenvalue weighted by atomic mass is 10.0. The third-order valence-electron chi connectivity index (χ3n) is 2.90. The Balaban J connectivity index is 3.14. The molecule has 0 amide bonds. The highest BCUT2D eigenvalue weighted by atomic mass is 19.1. The molecule has 104 valence electrons. The molecule has 0 radical (unpaired) electrons. The number of hydrogen-bond acceptors (Lipinski definition) is 3. The topological polar surface area (TPSA) is 53.0 Å². The first kappa shape index (κ1) is 15.5. The first-order valence-electron chi connectivity index (χ1n) is 6.63. The zero-order valence-corrected chi connectivity index (χ0v) is 11.9. The van der Waals surface area contributed by atoms with Crippen LogP contribution in [0.15, 0.2) is 18.2 Å². The highest BCUT2D eigenvalue weighted by molar-refractivity contribution is 5.55. The molecule has 1 rings (SSSR count). The van der Waals surface area contributed by atoms with Crippen LogP contribution >= 0.6 is 0 Å². The summed E-state index contributed by atoms with van der Waals surface area (Å²) in [7, 11) is 0. The first-order chi connectivity index (χ1) is 8.97. The van der Waals surface area contributed by atoms with E-state index in [1.54, 1.807) is 13.0 Å². The van der Waals surface area contributed by atoms with Crippen LogP contribution < -0.4 is 10.6 Å². The van der Waals surface area contributed by atoms with Crippen LogP contribution in [0.4, 0.5) is 10.1 Å². The molecule has 1 atom stereocenters. The number of nitrogens with zero attached hydrogens (tertiary/aromatic N) is 2. The monoisotopic (exact) mass is 263 g/mol. The van der Waals surface area contributed by atoms with Crippen molar-refractivity contribution in [2.45, 2.75) is 33.2 Å². The number of nitrogens with two attached hydrogens (primary N) is 1. The Bertz CT molecular complexity index is 449. The van der Waals surface area contributed by atoms with Crippen LogP contribution in [0.1, 0.15) is 38.8 Å². The molecule has 0 bridgehead atoms. The lowest BCUT2D eigenvalue weighted by Crippen LogP contribution is -2.30. The Morgan fingerprint density at radius 2 is 2.05 bits per heavy atom. The molecule has 0 saturated heterocycles. The number of benzene rings is 1. The van der Waals surface area contributed by atoms with Gasteiger partial charge in [0, 0.05) is 30.4 Å². The second-order valence-electron chi connectivity index (χ2n) is 5.21. The third kappa shape index (κ3) is 4.22. The summed E-state index contributed by atoms with van der Waals surface area (Å²) in [6.45, 7) is 7.36. The predicted molar refractivity (Wildman–Crippen MR) is 76.3 cm³/mol. The molecule has 0 aromatic heterocycles. The minimum Gasteiger partial charge on any atom is -0.370 e. The van der Waals surface area contributed by atoms with Gasteiger partial charge in [-0.2, -0.15) is 5.26 Å².